The highest BCUT2D eigenvalue weighted by molar-refractivity contribution is 5.82. The second-order valence-corrected chi connectivity index (χ2v) is 7.12. The molecule has 1 aromatic rings. The van der Waals surface area contributed by atoms with Crippen LogP contribution in [0.2, 0.25) is 0 Å². The number of carbonyl (C=O) groups is 3. The summed E-state index contributed by atoms with van der Waals surface area (Å²) in [4.78, 5) is 36.2. The Bertz CT molecular complexity index is 745. The highest BCUT2D eigenvalue weighted by atomic mass is 16.6. The van der Waals surface area contributed by atoms with Gasteiger partial charge in [0.05, 0.1) is 13.2 Å². The van der Waals surface area contributed by atoms with Crippen LogP contribution in [-0.4, -0.2) is 77.1 Å². The number of methoxy groups -OCH3 is 1. The van der Waals surface area contributed by atoms with Crippen molar-refractivity contribution < 1.29 is 43.9 Å². The summed E-state index contributed by atoms with van der Waals surface area (Å²) in [6, 6.07) is 7.81. The first kappa shape index (κ1) is 24.5. The fourth-order valence-electron chi connectivity index (χ4n) is 2.97. The molecule has 11 nitrogen and oxygen atoms in total. The van der Waals surface area contributed by atoms with Gasteiger partial charge in [0, 0.05) is 6.42 Å². The number of rotatable bonds is 8. The minimum Gasteiger partial charge on any atom is -0.467 e. The van der Waals surface area contributed by atoms with E-state index >= 15 is 0 Å². The summed E-state index contributed by atoms with van der Waals surface area (Å²) in [5.74, 6) is -1.36. The lowest BCUT2D eigenvalue weighted by Crippen LogP contribution is -2.61. The summed E-state index contributed by atoms with van der Waals surface area (Å²) in [7, 11) is 1.15. The molecule has 0 aliphatic carbocycles. The number of ether oxygens (including phenoxy) is 3. The number of nitrogens with one attached hydrogen (secondary N) is 2. The van der Waals surface area contributed by atoms with E-state index in [0.29, 0.717) is 0 Å². The van der Waals surface area contributed by atoms with E-state index in [2.05, 4.69) is 15.4 Å². The van der Waals surface area contributed by atoms with Crippen molar-refractivity contribution in [2.75, 3.05) is 7.11 Å². The Labute approximate surface area is 179 Å². The lowest BCUT2D eigenvalue weighted by Gasteiger charge is -2.39. The number of aliphatic hydroxyl groups excluding tert-OH is 3. The molecule has 1 aromatic carbocycles. The molecule has 1 heterocycles. The van der Waals surface area contributed by atoms with E-state index in [9.17, 15) is 29.7 Å². The number of aliphatic hydroxyl groups is 3. The number of carbonyl (C=O) groups excluding carboxylic acids is 3. The average Bonchev–Trinajstić information content (AvgIpc) is 2.77. The highest BCUT2D eigenvalue weighted by Crippen LogP contribution is 2.19. The summed E-state index contributed by atoms with van der Waals surface area (Å²) in [6.45, 7) is 1.49. The quantitative estimate of drug-likeness (QED) is 0.325. The number of amides is 2. The molecule has 1 aliphatic heterocycles. The van der Waals surface area contributed by atoms with Crippen LogP contribution in [0.25, 0.3) is 0 Å². The van der Waals surface area contributed by atoms with Crippen LogP contribution in [0.3, 0.4) is 0 Å². The van der Waals surface area contributed by atoms with Crippen molar-refractivity contribution >= 4 is 18.0 Å². The summed E-state index contributed by atoms with van der Waals surface area (Å²) in [5, 5.41) is 34.2. The van der Waals surface area contributed by atoms with E-state index in [-0.39, 0.29) is 19.4 Å². The fourth-order valence-corrected chi connectivity index (χ4v) is 2.97. The maximum Gasteiger partial charge on any atom is 0.408 e. The van der Waals surface area contributed by atoms with Gasteiger partial charge in [0.1, 0.15) is 31.0 Å². The Balaban J connectivity index is 1.84. The van der Waals surface area contributed by atoms with E-state index < -0.39 is 54.7 Å². The van der Waals surface area contributed by atoms with Crippen molar-refractivity contribution in [3.8, 4) is 0 Å². The maximum atomic E-state index is 12.2. The molecular weight excluding hydrogens is 412 g/mol. The van der Waals surface area contributed by atoms with Gasteiger partial charge in [0.15, 0.2) is 6.23 Å². The molecule has 0 spiro atoms. The molecule has 1 saturated heterocycles. The third-order valence-corrected chi connectivity index (χ3v) is 4.81. The standard InChI is InChI=1S/C20H28N2O9/c1-11-15(24)16(25)17(26)18(31-11)22-14(23)9-8-13(19(27)29-2)21-20(28)30-10-12-6-4-3-5-7-12/h3-7,11,13,15-18,24-26H,8-10H2,1-2H3,(H,21,28)(H,22,23)/t11-,13-,15+,16+,17-,18-/m0/s1. The van der Waals surface area contributed by atoms with Crippen molar-refractivity contribution in [3.63, 3.8) is 0 Å². The smallest absolute Gasteiger partial charge is 0.408 e. The van der Waals surface area contributed by atoms with Gasteiger partial charge in [-0.2, -0.15) is 0 Å². The molecule has 0 unspecified atom stereocenters. The number of hydrogen-bond donors (Lipinski definition) is 5. The second kappa shape index (κ2) is 11.6. The van der Waals surface area contributed by atoms with E-state index in [4.69, 9.17) is 9.47 Å². The fraction of sp³-hybridized carbons (Fsp3) is 0.550. The molecule has 0 bridgehead atoms. The Morgan fingerprint density at radius 1 is 1.10 bits per heavy atom. The first-order valence-corrected chi connectivity index (χ1v) is 9.77. The molecule has 1 aliphatic rings. The summed E-state index contributed by atoms with van der Waals surface area (Å²) in [6.07, 6.45) is -7.54. The van der Waals surface area contributed by atoms with Crippen molar-refractivity contribution in [2.45, 2.75) is 63.1 Å². The van der Waals surface area contributed by atoms with Gasteiger partial charge in [-0.05, 0) is 18.9 Å². The Kier molecular flexibility index (Phi) is 9.19. The summed E-state index contributed by atoms with van der Waals surface area (Å²) < 4.78 is 15.0. The number of hydrogen-bond acceptors (Lipinski definition) is 9. The molecule has 0 saturated carbocycles. The Morgan fingerprint density at radius 2 is 1.77 bits per heavy atom. The van der Waals surface area contributed by atoms with Crippen LogP contribution < -0.4 is 10.6 Å². The van der Waals surface area contributed by atoms with Crippen LogP contribution in [0, 0.1) is 0 Å². The van der Waals surface area contributed by atoms with Crippen molar-refractivity contribution in [3.05, 3.63) is 35.9 Å². The minimum absolute atomic E-state index is 0.00429. The van der Waals surface area contributed by atoms with Crippen LogP contribution in [0.1, 0.15) is 25.3 Å². The zero-order chi connectivity index (χ0) is 23.0. The van der Waals surface area contributed by atoms with E-state index in [0.717, 1.165) is 12.7 Å². The normalized spacial score (nSPS) is 26.4. The predicted molar refractivity (Wildman–Crippen MR) is 105 cm³/mol. The van der Waals surface area contributed by atoms with Gasteiger partial charge in [0.25, 0.3) is 0 Å². The number of esters is 1. The van der Waals surface area contributed by atoms with Gasteiger partial charge in [-0.1, -0.05) is 30.3 Å². The van der Waals surface area contributed by atoms with Gasteiger partial charge in [-0.25, -0.2) is 9.59 Å². The van der Waals surface area contributed by atoms with E-state index in [1.165, 1.54) is 6.92 Å². The monoisotopic (exact) mass is 440 g/mol. The molecule has 1 fully saturated rings. The third-order valence-electron chi connectivity index (χ3n) is 4.81. The molecule has 172 valence electrons. The van der Waals surface area contributed by atoms with Crippen molar-refractivity contribution in [2.24, 2.45) is 0 Å². The van der Waals surface area contributed by atoms with Crippen LogP contribution in [0.5, 0.6) is 0 Å². The number of benzene rings is 1. The first-order valence-electron chi connectivity index (χ1n) is 9.77. The highest BCUT2D eigenvalue weighted by Gasteiger charge is 2.42. The maximum absolute atomic E-state index is 12.2. The molecule has 0 aromatic heterocycles. The molecule has 2 amide bonds. The SMILES string of the molecule is COC(=O)[C@H](CCC(=O)N[C@H]1O[C@@H](C)[C@@H](O)[C@@H](O)[C@@H]1O)NC(=O)OCc1ccccc1. The van der Waals surface area contributed by atoms with E-state index in [1.807, 2.05) is 6.07 Å². The molecule has 0 radical (unpaired) electrons. The predicted octanol–water partition coefficient (Wildman–Crippen LogP) is -0.822. The topological polar surface area (TPSA) is 164 Å². The zero-order valence-corrected chi connectivity index (χ0v) is 17.3. The molecule has 5 N–H and O–H groups in total. The average molecular weight is 440 g/mol. The summed E-state index contributed by atoms with van der Waals surface area (Å²) >= 11 is 0. The second-order valence-electron chi connectivity index (χ2n) is 7.12. The van der Waals surface area contributed by atoms with Crippen molar-refractivity contribution in [1.82, 2.24) is 10.6 Å². The van der Waals surface area contributed by atoms with E-state index in [1.54, 1.807) is 24.3 Å². The van der Waals surface area contributed by atoms with Crippen LogP contribution in [0.15, 0.2) is 30.3 Å². The zero-order valence-electron chi connectivity index (χ0n) is 17.3. The van der Waals surface area contributed by atoms with Crippen LogP contribution >= 0.6 is 0 Å². The molecular formula is C20H28N2O9. The van der Waals surface area contributed by atoms with Crippen LogP contribution in [-0.2, 0) is 30.4 Å². The van der Waals surface area contributed by atoms with Crippen molar-refractivity contribution in [1.29, 1.82) is 0 Å². The van der Waals surface area contributed by atoms with Gasteiger partial charge in [-0.3, -0.25) is 4.79 Å². The lowest BCUT2D eigenvalue weighted by molar-refractivity contribution is -0.224. The minimum atomic E-state index is -1.53. The van der Waals surface area contributed by atoms with Crippen LogP contribution in [0.4, 0.5) is 4.79 Å². The largest absolute Gasteiger partial charge is 0.467 e. The molecule has 11 heteroatoms. The number of alkyl carbamates (subject to hydrolysis) is 1. The molecule has 2 rings (SSSR count). The van der Waals surface area contributed by atoms with Gasteiger partial charge in [-0.15, -0.1) is 0 Å². The van der Waals surface area contributed by atoms with Gasteiger partial charge >= 0.3 is 12.1 Å². The molecule has 31 heavy (non-hydrogen) atoms. The first-order chi connectivity index (χ1) is 14.7. The third kappa shape index (κ3) is 7.17. The molecule has 6 atom stereocenters. The van der Waals surface area contributed by atoms with Gasteiger partial charge < -0.3 is 40.2 Å². The summed E-state index contributed by atoms with van der Waals surface area (Å²) in [5.41, 5.74) is 0.763. The Morgan fingerprint density at radius 3 is 2.42 bits per heavy atom. The lowest BCUT2D eigenvalue weighted by atomic mass is 9.99. The Hall–Kier alpha value is -2.73. The van der Waals surface area contributed by atoms with Gasteiger partial charge in [0.2, 0.25) is 5.91 Å².